The molecule has 0 aromatic heterocycles. The Labute approximate surface area is 106 Å². The Morgan fingerprint density at radius 2 is 2.33 bits per heavy atom. The molecule has 1 N–H and O–H groups in total. The summed E-state index contributed by atoms with van der Waals surface area (Å²) in [6.07, 6.45) is 0. The molecule has 0 unspecified atom stereocenters. The minimum Gasteiger partial charge on any atom is -0.491 e. The van der Waals surface area contributed by atoms with Crippen molar-refractivity contribution in [3.8, 4) is 5.75 Å². The van der Waals surface area contributed by atoms with Crippen molar-refractivity contribution in [1.29, 1.82) is 0 Å². The van der Waals surface area contributed by atoms with Gasteiger partial charge in [0.2, 0.25) is 0 Å². The van der Waals surface area contributed by atoms with E-state index in [9.17, 15) is 4.79 Å². The van der Waals surface area contributed by atoms with Gasteiger partial charge >= 0.3 is 0 Å². The lowest BCUT2D eigenvalue weighted by atomic mass is 10.0. The van der Waals surface area contributed by atoms with Crippen LogP contribution in [0.1, 0.15) is 22.8 Å². The third-order valence-corrected chi connectivity index (χ3v) is 2.98. The number of aliphatic hydroxyl groups is 1. The Morgan fingerprint density at radius 3 is 3.00 bits per heavy atom. The summed E-state index contributed by atoms with van der Waals surface area (Å²) in [5.41, 5.74) is 2.38. The topological polar surface area (TPSA) is 49.8 Å². The maximum absolute atomic E-state index is 12.3. The smallest absolute Gasteiger partial charge is 0.257 e. The average Bonchev–Trinajstić information content (AvgIpc) is 2.50. The van der Waals surface area contributed by atoms with E-state index in [4.69, 9.17) is 9.84 Å². The number of hydrogen-bond donors (Lipinski definition) is 1. The van der Waals surface area contributed by atoms with Gasteiger partial charge in [-0.05, 0) is 24.6 Å². The van der Waals surface area contributed by atoms with Gasteiger partial charge in [0, 0.05) is 6.54 Å². The van der Waals surface area contributed by atoms with Crippen molar-refractivity contribution in [2.45, 2.75) is 6.92 Å². The molecule has 1 heterocycles. The predicted molar refractivity (Wildman–Crippen MR) is 69.6 cm³/mol. The van der Waals surface area contributed by atoms with E-state index >= 15 is 0 Å². The van der Waals surface area contributed by atoms with Gasteiger partial charge in [-0.2, -0.15) is 0 Å². The number of amides is 1. The van der Waals surface area contributed by atoms with Gasteiger partial charge in [0.1, 0.15) is 12.4 Å². The Hall–Kier alpha value is -1.81. The minimum atomic E-state index is -0.0975. The predicted octanol–water partition coefficient (Wildman–Crippen LogP) is 1.55. The Morgan fingerprint density at radius 1 is 1.56 bits per heavy atom. The van der Waals surface area contributed by atoms with Crippen molar-refractivity contribution >= 4 is 11.5 Å². The van der Waals surface area contributed by atoms with E-state index in [1.165, 1.54) is 0 Å². The maximum atomic E-state index is 12.3. The van der Waals surface area contributed by atoms with Crippen molar-refractivity contribution in [1.82, 2.24) is 4.90 Å². The SMILES string of the molecule is C=C(C)c1ccc2c(c1)C(=O)N(CCO)CCO2. The van der Waals surface area contributed by atoms with Crippen molar-refractivity contribution in [2.75, 3.05) is 26.3 Å². The van der Waals surface area contributed by atoms with Gasteiger partial charge in [0.15, 0.2) is 0 Å². The van der Waals surface area contributed by atoms with Gasteiger partial charge in [-0.3, -0.25) is 4.79 Å². The van der Waals surface area contributed by atoms with Crippen LogP contribution in [0.2, 0.25) is 0 Å². The molecule has 1 aliphatic rings. The highest BCUT2D eigenvalue weighted by molar-refractivity contribution is 5.98. The normalized spacial score (nSPS) is 14.8. The van der Waals surface area contributed by atoms with Crippen molar-refractivity contribution in [3.05, 3.63) is 35.9 Å². The molecule has 4 heteroatoms. The summed E-state index contributed by atoms with van der Waals surface area (Å²) in [7, 11) is 0. The summed E-state index contributed by atoms with van der Waals surface area (Å²) in [5.74, 6) is 0.505. The van der Waals surface area contributed by atoms with E-state index in [0.29, 0.717) is 31.0 Å². The second-order valence-corrected chi connectivity index (χ2v) is 4.36. The van der Waals surface area contributed by atoms with Gasteiger partial charge in [-0.25, -0.2) is 0 Å². The first kappa shape index (κ1) is 12.6. The molecular weight excluding hydrogens is 230 g/mol. The molecule has 1 amide bonds. The van der Waals surface area contributed by atoms with Gasteiger partial charge in [0.05, 0.1) is 18.7 Å². The van der Waals surface area contributed by atoms with Crippen LogP contribution >= 0.6 is 0 Å². The zero-order valence-corrected chi connectivity index (χ0v) is 10.5. The monoisotopic (exact) mass is 247 g/mol. The Kier molecular flexibility index (Phi) is 3.67. The molecular formula is C14H17NO3. The fourth-order valence-electron chi connectivity index (χ4n) is 1.96. The number of hydrogen-bond acceptors (Lipinski definition) is 3. The molecule has 96 valence electrons. The molecule has 0 spiro atoms. The number of allylic oxidation sites excluding steroid dienone is 1. The average molecular weight is 247 g/mol. The molecule has 18 heavy (non-hydrogen) atoms. The maximum Gasteiger partial charge on any atom is 0.257 e. The van der Waals surface area contributed by atoms with E-state index in [0.717, 1.165) is 11.1 Å². The number of benzene rings is 1. The summed E-state index contributed by atoms with van der Waals surface area (Å²) in [6.45, 7) is 7.01. The van der Waals surface area contributed by atoms with Crippen LogP contribution in [0.3, 0.4) is 0 Å². The Bertz CT molecular complexity index is 482. The van der Waals surface area contributed by atoms with Gasteiger partial charge in [-0.15, -0.1) is 0 Å². The molecule has 4 nitrogen and oxygen atoms in total. The molecule has 1 aromatic carbocycles. The summed E-state index contributed by atoms with van der Waals surface area (Å²) in [4.78, 5) is 13.9. The lowest BCUT2D eigenvalue weighted by Crippen LogP contribution is -2.34. The minimum absolute atomic E-state index is 0.0404. The standard InChI is InChI=1S/C14H17NO3/c1-10(2)11-3-4-13-12(9-11)14(17)15(5-7-16)6-8-18-13/h3-4,9,16H,1,5-8H2,2H3. The first-order chi connectivity index (χ1) is 8.63. The highest BCUT2D eigenvalue weighted by Crippen LogP contribution is 2.26. The summed E-state index contributed by atoms with van der Waals surface area (Å²) >= 11 is 0. The van der Waals surface area contributed by atoms with E-state index < -0.39 is 0 Å². The number of aliphatic hydroxyl groups excluding tert-OH is 1. The van der Waals surface area contributed by atoms with Crippen LogP contribution < -0.4 is 4.74 Å². The van der Waals surface area contributed by atoms with Crippen LogP contribution in [0.4, 0.5) is 0 Å². The summed E-state index contributed by atoms with van der Waals surface area (Å²) in [5, 5.41) is 8.97. The van der Waals surface area contributed by atoms with Crippen molar-refractivity contribution < 1.29 is 14.6 Å². The second kappa shape index (κ2) is 5.23. The highest BCUT2D eigenvalue weighted by atomic mass is 16.5. The van der Waals surface area contributed by atoms with Crippen LogP contribution in [0.15, 0.2) is 24.8 Å². The van der Waals surface area contributed by atoms with Crippen molar-refractivity contribution in [3.63, 3.8) is 0 Å². The van der Waals surface area contributed by atoms with E-state index in [1.807, 2.05) is 13.0 Å². The molecule has 0 radical (unpaired) electrons. The molecule has 1 aromatic rings. The van der Waals surface area contributed by atoms with Gasteiger partial charge < -0.3 is 14.7 Å². The van der Waals surface area contributed by atoms with E-state index in [1.54, 1.807) is 17.0 Å². The molecule has 0 saturated heterocycles. The number of carbonyl (C=O) groups excluding carboxylic acids is 1. The summed E-state index contributed by atoms with van der Waals surface area (Å²) in [6, 6.07) is 5.51. The molecule has 2 rings (SSSR count). The van der Waals surface area contributed by atoms with Crippen LogP contribution in [0, 0.1) is 0 Å². The van der Waals surface area contributed by atoms with Gasteiger partial charge in [0.25, 0.3) is 5.91 Å². The zero-order chi connectivity index (χ0) is 13.1. The Balaban J connectivity index is 2.40. The highest BCUT2D eigenvalue weighted by Gasteiger charge is 2.23. The number of ether oxygens (including phenoxy) is 1. The molecule has 0 saturated carbocycles. The first-order valence-electron chi connectivity index (χ1n) is 5.96. The van der Waals surface area contributed by atoms with E-state index in [2.05, 4.69) is 6.58 Å². The third-order valence-electron chi connectivity index (χ3n) is 2.98. The van der Waals surface area contributed by atoms with Crippen LogP contribution in [0.25, 0.3) is 5.57 Å². The molecule has 0 bridgehead atoms. The second-order valence-electron chi connectivity index (χ2n) is 4.36. The lowest BCUT2D eigenvalue weighted by molar-refractivity contribution is 0.0721. The van der Waals surface area contributed by atoms with Gasteiger partial charge in [-0.1, -0.05) is 18.2 Å². The number of carbonyl (C=O) groups is 1. The molecule has 0 atom stereocenters. The van der Waals surface area contributed by atoms with Crippen LogP contribution in [0.5, 0.6) is 5.75 Å². The molecule has 0 aliphatic carbocycles. The lowest BCUT2D eigenvalue weighted by Gasteiger charge is -2.18. The molecule has 0 fully saturated rings. The number of nitrogens with zero attached hydrogens (tertiary/aromatic N) is 1. The molecule has 1 aliphatic heterocycles. The fourth-order valence-corrected chi connectivity index (χ4v) is 1.96. The van der Waals surface area contributed by atoms with Crippen LogP contribution in [-0.2, 0) is 0 Å². The number of rotatable bonds is 3. The first-order valence-corrected chi connectivity index (χ1v) is 5.96. The quantitative estimate of drug-likeness (QED) is 0.881. The van der Waals surface area contributed by atoms with Crippen LogP contribution in [-0.4, -0.2) is 42.2 Å². The fraction of sp³-hybridized carbons (Fsp3) is 0.357. The summed E-state index contributed by atoms with van der Waals surface area (Å²) < 4.78 is 5.56. The van der Waals surface area contributed by atoms with E-state index in [-0.39, 0.29) is 12.5 Å². The zero-order valence-electron chi connectivity index (χ0n) is 10.5. The van der Waals surface area contributed by atoms with Crippen molar-refractivity contribution in [2.24, 2.45) is 0 Å². The third kappa shape index (κ3) is 2.38. The largest absolute Gasteiger partial charge is 0.491 e. The number of fused-ring (bicyclic) bond motifs is 1. The number of β-amino-alcohol motifs (C(OH)–C–C–N with tert-alkyl or cyclic N) is 1.